The summed E-state index contributed by atoms with van der Waals surface area (Å²) in [4.78, 5) is 0. The van der Waals surface area contributed by atoms with E-state index in [9.17, 15) is 5.11 Å². The van der Waals surface area contributed by atoms with Crippen LogP contribution in [0.15, 0.2) is 103 Å². The van der Waals surface area contributed by atoms with Crippen LogP contribution in [0.1, 0.15) is 20.3 Å². The van der Waals surface area contributed by atoms with Crippen LogP contribution < -0.4 is 15.6 Å². The van der Waals surface area contributed by atoms with Gasteiger partial charge in [0.05, 0.1) is 5.60 Å². The Hall–Kier alpha value is -2.42. The minimum Gasteiger partial charge on any atom is -0.386 e. The highest BCUT2D eigenvalue weighted by Gasteiger charge is 2.37. The SMILES string of the molecule is CCC(C)(O)/C=C/[Si](c1ccccc1)(c1ccccc1)c1ccccc1. The van der Waals surface area contributed by atoms with E-state index < -0.39 is 13.7 Å². The summed E-state index contributed by atoms with van der Waals surface area (Å²) < 4.78 is 0. The second-order valence-corrected chi connectivity index (χ2v) is 10.6. The summed E-state index contributed by atoms with van der Waals surface area (Å²) in [6.45, 7) is 3.89. The first-order chi connectivity index (χ1) is 12.6. The summed E-state index contributed by atoms with van der Waals surface area (Å²) in [5.74, 6) is 0. The average Bonchev–Trinajstić information content (AvgIpc) is 2.71. The summed E-state index contributed by atoms with van der Waals surface area (Å²) in [7, 11) is -2.39. The van der Waals surface area contributed by atoms with E-state index in [-0.39, 0.29) is 0 Å². The maximum atomic E-state index is 10.7. The third-order valence-electron chi connectivity index (χ3n) is 5.10. The molecule has 1 nitrogen and oxygen atoms in total. The van der Waals surface area contributed by atoms with Crippen molar-refractivity contribution in [2.45, 2.75) is 25.9 Å². The molecule has 0 aliphatic heterocycles. The van der Waals surface area contributed by atoms with Crippen LogP contribution in [0.25, 0.3) is 0 Å². The van der Waals surface area contributed by atoms with Crippen molar-refractivity contribution in [3.8, 4) is 0 Å². The molecule has 0 amide bonds. The zero-order chi connectivity index (χ0) is 18.5. The number of benzene rings is 3. The van der Waals surface area contributed by atoms with Gasteiger partial charge in [0.1, 0.15) is 0 Å². The smallest absolute Gasteiger partial charge is 0.172 e. The van der Waals surface area contributed by atoms with Gasteiger partial charge in [-0.3, -0.25) is 0 Å². The Balaban J connectivity index is 2.32. The Labute approximate surface area is 157 Å². The van der Waals surface area contributed by atoms with E-state index in [1.807, 2.05) is 19.9 Å². The lowest BCUT2D eigenvalue weighted by Crippen LogP contribution is -2.66. The summed E-state index contributed by atoms with van der Waals surface area (Å²) in [6, 6.07) is 32.1. The molecule has 0 radical (unpaired) electrons. The van der Waals surface area contributed by atoms with Gasteiger partial charge in [-0.25, -0.2) is 0 Å². The Morgan fingerprint density at radius 3 is 1.38 bits per heavy atom. The van der Waals surface area contributed by atoms with Crippen LogP contribution in [0.4, 0.5) is 0 Å². The first kappa shape index (κ1) is 18.4. The molecule has 0 fully saturated rings. The van der Waals surface area contributed by atoms with Crippen LogP contribution in [-0.4, -0.2) is 18.8 Å². The third-order valence-corrected chi connectivity index (χ3v) is 9.49. The fourth-order valence-electron chi connectivity index (χ4n) is 3.31. The van der Waals surface area contributed by atoms with Gasteiger partial charge in [0.15, 0.2) is 8.07 Å². The molecule has 0 saturated heterocycles. The highest BCUT2D eigenvalue weighted by Crippen LogP contribution is 2.15. The van der Waals surface area contributed by atoms with Crippen molar-refractivity contribution in [2.75, 3.05) is 0 Å². The standard InChI is InChI=1S/C24H26OSi/c1-3-24(2,25)19-20-26(21-13-7-4-8-14-21,22-15-9-5-10-16-22)23-17-11-6-12-18-23/h4-20,25H,3H2,1-2H3/b20-19+. The zero-order valence-electron chi connectivity index (χ0n) is 15.5. The van der Waals surface area contributed by atoms with E-state index in [4.69, 9.17) is 0 Å². The summed E-state index contributed by atoms with van der Waals surface area (Å²) in [6.07, 6.45) is 2.69. The van der Waals surface area contributed by atoms with E-state index in [0.717, 1.165) is 0 Å². The average molecular weight is 359 g/mol. The molecular weight excluding hydrogens is 332 g/mol. The quantitative estimate of drug-likeness (QED) is 0.529. The van der Waals surface area contributed by atoms with Crippen molar-refractivity contribution in [3.63, 3.8) is 0 Å². The maximum absolute atomic E-state index is 10.7. The number of hydrogen-bond acceptors (Lipinski definition) is 1. The van der Waals surface area contributed by atoms with Crippen LogP contribution >= 0.6 is 0 Å². The molecule has 3 rings (SSSR count). The lowest BCUT2D eigenvalue weighted by Gasteiger charge is -2.32. The Bertz CT molecular complexity index is 742. The summed E-state index contributed by atoms with van der Waals surface area (Å²) >= 11 is 0. The molecule has 3 aromatic carbocycles. The molecule has 0 bridgehead atoms. The minimum atomic E-state index is -2.39. The summed E-state index contributed by atoms with van der Waals surface area (Å²) in [5, 5.41) is 14.6. The van der Waals surface area contributed by atoms with E-state index in [1.165, 1.54) is 15.6 Å². The lowest BCUT2D eigenvalue weighted by atomic mass is 10.1. The number of hydrogen-bond donors (Lipinski definition) is 1. The molecule has 0 saturated carbocycles. The molecule has 3 aromatic rings. The van der Waals surface area contributed by atoms with Gasteiger partial charge in [0.2, 0.25) is 0 Å². The van der Waals surface area contributed by atoms with Gasteiger partial charge in [-0.2, -0.15) is 0 Å². The van der Waals surface area contributed by atoms with Crippen molar-refractivity contribution >= 4 is 23.6 Å². The fourth-order valence-corrected chi connectivity index (χ4v) is 7.66. The number of rotatable bonds is 6. The van der Waals surface area contributed by atoms with Gasteiger partial charge >= 0.3 is 0 Å². The fraction of sp³-hybridized carbons (Fsp3) is 0.167. The highest BCUT2D eigenvalue weighted by molar-refractivity contribution is 7.14. The molecule has 0 heterocycles. The van der Waals surface area contributed by atoms with Gasteiger partial charge < -0.3 is 5.11 Å². The molecule has 1 N–H and O–H groups in total. The molecule has 0 spiro atoms. The first-order valence-corrected chi connectivity index (χ1v) is 11.3. The maximum Gasteiger partial charge on any atom is 0.172 e. The van der Waals surface area contributed by atoms with Gasteiger partial charge in [0, 0.05) is 0 Å². The first-order valence-electron chi connectivity index (χ1n) is 9.18. The molecular formula is C24H26OSi. The van der Waals surface area contributed by atoms with Crippen LogP contribution in [-0.2, 0) is 0 Å². The Morgan fingerprint density at radius 2 is 1.08 bits per heavy atom. The van der Waals surface area contributed by atoms with E-state index in [2.05, 4.69) is 96.7 Å². The third kappa shape index (κ3) is 3.72. The van der Waals surface area contributed by atoms with Crippen LogP contribution in [0.5, 0.6) is 0 Å². The van der Waals surface area contributed by atoms with Gasteiger partial charge in [0.25, 0.3) is 0 Å². The second kappa shape index (κ2) is 7.86. The molecule has 0 aliphatic carbocycles. The largest absolute Gasteiger partial charge is 0.386 e. The second-order valence-electron chi connectivity index (χ2n) is 6.95. The van der Waals surface area contributed by atoms with Crippen molar-refractivity contribution in [1.29, 1.82) is 0 Å². The Kier molecular flexibility index (Phi) is 5.55. The van der Waals surface area contributed by atoms with Crippen molar-refractivity contribution in [1.82, 2.24) is 0 Å². The van der Waals surface area contributed by atoms with Crippen molar-refractivity contribution < 1.29 is 5.11 Å². The van der Waals surface area contributed by atoms with E-state index in [0.29, 0.717) is 6.42 Å². The van der Waals surface area contributed by atoms with Gasteiger partial charge in [-0.15, -0.1) is 0 Å². The van der Waals surface area contributed by atoms with E-state index >= 15 is 0 Å². The zero-order valence-corrected chi connectivity index (χ0v) is 16.5. The molecule has 0 aromatic heterocycles. The van der Waals surface area contributed by atoms with Crippen LogP contribution in [0.3, 0.4) is 0 Å². The molecule has 2 heteroatoms. The van der Waals surface area contributed by atoms with Gasteiger partial charge in [-0.1, -0.05) is 110 Å². The van der Waals surface area contributed by atoms with Crippen LogP contribution in [0.2, 0.25) is 0 Å². The minimum absolute atomic E-state index is 0.687. The highest BCUT2D eigenvalue weighted by atomic mass is 28.3. The Morgan fingerprint density at radius 1 is 0.731 bits per heavy atom. The van der Waals surface area contributed by atoms with Crippen molar-refractivity contribution in [2.24, 2.45) is 0 Å². The van der Waals surface area contributed by atoms with Crippen molar-refractivity contribution in [3.05, 3.63) is 103 Å². The molecule has 0 aliphatic rings. The lowest BCUT2D eigenvalue weighted by molar-refractivity contribution is 0.108. The molecule has 1 unspecified atom stereocenters. The van der Waals surface area contributed by atoms with E-state index in [1.54, 1.807) is 0 Å². The normalized spacial score (nSPS) is 14.3. The predicted molar refractivity (Wildman–Crippen MR) is 114 cm³/mol. The van der Waals surface area contributed by atoms with Gasteiger partial charge in [-0.05, 0) is 28.9 Å². The molecule has 26 heavy (non-hydrogen) atoms. The predicted octanol–water partition coefficient (Wildman–Crippen LogP) is 3.41. The molecule has 132 valence electrons. The summed E-state index contributed by atoms with van der Waals surface area (Å²) in [5.41, 5.74) is 1.49. The van der Waals surface area contributed by atoms with Crippen LogP contribution in [0, 0.1) is 0 Å². The number of aliphatic hydroxyl groups is 1. The molecule has 1 atom stereocenters. The monoisotopic (exact) mass is 358 g/mol. The topological polar surface area (TPSA) is 20.2 Å².